The van der Waals surface area contributed by atoms with Crippen molar-refractivity contribution in [3.63, 3.8) is 0 Å². The predicted molar refractivity (Wildman–Crippen MR) is 70.0 cm³/mol. The summed E-state index contributed by atoms with van der Waals surface area (Å²) < 4.78 is 53.7. The van der Waals surface area contributed by atoms with Crippen LogP contribution in [0.5, 0.6) is 0 Å². The molecule has 1 N–H and O–H groups in total. The molecule has 6 nitrogen and oxygen atoms in total. The minimum atomic E-state index is -4.43. The van der Waals surface area contributed by atoms with Crippen molar-refractivity contribution in [2.24, 2.45) is 0 Å². The number of alkyl halides is 4. The zero-order valence-corrected chi connectivity index (χ0v) is 12.1. The molecule has 0 rings (SSSR count). The Morgan fingerprint density at radius 1 is 1.43 bits per heavy atom. The molecule has 10 heteroatoms. The number of hydrogen-bond donors (Lipinski definition) is 1. The number of allylic oxidation sites excluding steroid dienone is 1. The lowest BCUT2D eigenvalue weighted by Crippen LogP contribution is -2.48. The van der Waals surface area contributed by atoms with Crippen molar-refractivity contribution in [2.45, 2.75) is 31.2 Å². The molecule has 0 saturated carbocycles. The van der Waals surface area contributed by atoms with Gasteiger partial charge < -0.3 is 14.7 Å². The van der Waals surface area contributed by atoms with E-state index in [-0.39, 0.29) is 12.8 Å². The number of carbonyl (C=O) groups excluding carboxylic acids is 1. The van der Waals surface area contributed by atoms with E-state index in [0.29, 0.717) is 4.90 Å². The molecule has 1 amide bonds. The first-order valence-corrected chi connectivity index (χ1v) is 6.41. The number of amides is 1. The van der Waals surface area contributed by atoms with E-state index < -0.39 is 50.0 Å². The third-order valence-electron chi connectivity index (χ3n) is 2.67. The number of rotatable bonds is 11. The number of nitrogens with zero attached hydrogens (tertiary/aromatic N) is 2. The Balaban J connectivity index is 4.90. The van der Waals surface area contributed by atoms with Crippen LogP contribution in [0, 0.1) is 11.3 Å². The number of carbonyl (C=O) groups is 2. The van der Waals surface area contributed by atoms with Gasteiger partial charge in [0.2, 0.25) is 5.91 Å². The SMILES string of the molecule is C=CCCC(=O)N(CC#N)C(COCC(F)(F)C(F)F)C(=O)O. The van der Waals surface area contributed by atoms with Crippen molar-refractivity contribution in [3.8, 4) is 6.07 Å². The van der Waals surface area contributed by atoms with Gasteiger partial charge >= 0.3 is 18.3 Å². The summed E-state index contributed by atoms with van der Waals surface area (Å²) in [5.74, 6) is -6.76. The van der Waals surface area contributed by atoms with Crippen LogP contribution in [0.4, 0.5) is 17.6 Å². The van der Waals surface area contributed by atoms with Crippen LogP contribution in [0.2, 0.25) is 0 Å². The lowest BCUT2D eigenvalue weighted by atomic mass is 10.2. The number of aliphatic carboxylic acids is 1. The van der Waals surface area contributed by atoms with Gasteiger partial charge in [-0.25, -0.2) is 13.6 Å². The molecule has 0 aromatic heterocycles. The van der Waals surface area contributed by atoms with Crippen molar-refractivity contribution in [3.05, 3.63) is 12.7 Å². The zero-order valence-electron chi connectivity index (χ0n) is 12.1. The summed E-state index contributed by atoms with van der Waals surface area (Å²) in [6, 6.07) is -0.158. The monoisotopic (exact) mass is 340 g/mol. The maximum Gasteiger partial charge on any atom is 0.330 e. The number of carboxylic acid groups (broad SMARTS) is 1. The Labute approximate surface area is 129 Å². The van der Waals surface area contributed by atoms with E-state index in [1.807, 2.05) is 0 Å². The summed E-state index contributed by atoms with van der Waals surface area (Å²) in [6.45, 7) is 0.126. The highest BCUT2D eigenvalue weighted by molar-refractivity contribution is 5.84. The van der Waals surface area contributed by atoms with Crippen molar-refractivity contribution in [1.29, 1.82) is 5.26 Å². The van der Waals surface area contributed by atoms with Gasteiger partial charge in [-0.15, -0.1) is 6.58 Å². The van der Waals surface area contributed by atoms with Crippen LogP contribution in [0.1, 0.15) is 12.8 Å². The van der Waals surface area contributed by atoms with E-state index >= 15 is 0 Å². The summed E-state index contributed by atoms with van der Waals surface area (Å²) in [5.41, 5.74) is 0. The minimum Gasteiger partial charge on any atom is -0.480 e. The second-order valence-corrected chi connectivity index (χ2v) is 4.44. The Morgan fingerprint density at radius 3 is 2.48 bits per heavy atom. The number of hydrogen-bond acceptors (Lipinski definition) is 4. The maximum absolute atomic E-state index is 12.7. The molecule has 0 aliphatic rings. The van der Waals surface area contributed by atoms with Crippen LogP contribution in [0.3, 0.4) is 0 Å². The summed E-state index contributed by atoms with van der Waals surface area (Å²) in [5, 5.41) is 17.7. The molecule has 0 aliphatic heterocycles. The fraction of sp³-hybridized carbons (Fsp3) is 0.615. The first-order valence-electron chi connectivity index (χ1n) is 6.41. The fourth-order valence-electron chi connectivity index (χ4n) is 1.48. The van der Waals surface area contributed by atoms with Crippen LogP contribution in [-0.2, 0) is 14.3 Å². The van der Waals surface area contributed by atoms with Gasteiger partial charge in [0, 0.05) is 6.42 Å². The van der Waals surface area contributed by atoms with E-state index in [2.05, 4.69) is 11.3 Å². The molecule has 0 aromatic rings. The van der Waals surface area contributed by atoms with E-state index in [4.69, 9.17) is 10.4 Å². The largest absolute Gasteiger partial charge is 0.480 e. The smallest absolute Gasteiger partial charge is 0.330 e. The summed E-state index contributed by atoms with van der Waals surface area (Å²) in [7, 11) is 0. The topological polar surface area (TPSA) is 90.6 Å². The number of halogens is 4. The third kappa shape index (κ3) is 7.10. The maximum atomic E-state index is 12.7. The first kappa shape index (κ1) is 20.9. The molecule has 0 aromatic carbocycles. The highest BCUT2D eigenvalue weighted by Crippen LogP contribution is 2.23. The molecule has 1 unspecified atom stereocenters. The van der Waals surface area contributed by atoms with Gasteiger partial charge in [-0.3, -0.25) is 4.79 Å². The molecule has 0 heterocycles. The van der Waals surface area contributed by atoms with Crippen molar-refractivity contribution < 1.29 is 37.0 Å². The third-order valence-corrected chi connectivity index (χ3v) is 2.67. The Hall–Kier alpha value is -2.15. The summed E-state index contributed by atoms with van der Waals surface area (Å²) >= 11 is 0. The van der Waals surface area contributed by atoms with E-state index in [9.17, 15) is 27.2 Å². The van der Waals surface area contributed by atoms with Crippen LogP contribution in [0.15, 0.2) is 12.7 Å². The first-order chi connectivity index (χ1) is 10.7. The van der Waals surface area contributed by atoms with Gasteiger partial charge in [0.1, 0.15) is 13.2 Å². The van der Waals surface area contributed by atoms with Crippen LogP contribution in [0.25, 0.3) is 0 Å². The van der Waals surface area contributed by atoms with Crippen LogP contribution in [-0.4, -0.2) is 60.0 Å². The predicted octanol–water partition coefficient (Wildman–Crippen LogP) is 1.67. The number of ether oxygens (including phenoxy) is 1. The van der Waals surface area contributed by atoms with Gasteiger partial charge in [-0.1, -0.05) is 6.08 Å². The summed E-state index contributed by atoms with van der Waals surface area (Å²) in [6.07, 6.45) is -2.48. The normalized spacial score (nSPS) is 12.5. The Morgan fingerprint density at radius 2 is 2.04 bits per heavy atom. The molecule has 23 heavy (non-hydrogen) atoms. The highest BCUT2D eigenvalue weighted by Gasteiger charge is 2.41. The van der Waals surface area contributed by atoms with Crippen molar-refractivity contribution in [1.82, 2.24) is 4.90 Å². The molecular formula is C13H16F4N2O4. The van der Waals surface area contributed by atoms with Gasteiger partial charge in [0.15, 0.2) is 6.04 Å². The van der Waals surface area contributed by atoms with Gasteiger partial charge in [-0.2, -0.15) is 14.0 Å². The second-order valence-electron chi connectivity index (χ2n) is 4.44. The standard InChI is InChI=1S/C13H16F4N2O4/c1-2-3-4-10(20)19(6-5-18)9(11(21)22)7-23-8-13(16,17)12(14)15/h2,9,12H,1,3-4,6-8H2,(H,21,22). The van der Waals surface area contributed by atoms with Crippen LogP contribution >= 0.6 is 0 Å². The van der Waals surface area contributed by atoms with E-state index in [0.717, 1.165) is 0 Å². The minimum absolute atomic E-state index is 0.137. The molecule has 0 bridgehead atoms. The lowest BCUT2D eigenvalue weighted by molar-refractivity contribution is -0.174. The van der Waals surface area contributed by atoms with E-state index in [1.54, 1.807) is 6.07 Å². The molecule has 130 valence electrons. The molecule has 0 spiro atoms. The Bertz CT molecular complexity index is 465. The average Bonchev–Trinajstić information content (AvgIpc) is 2.46. The molecule has 0 saturated heterocycles. The van der Waals surface area contributed by atoms with Crippen LogP contribution < -0.4 is 0 Å². The van der Waals surface area contributed by atoms with Gasteiger partial charge in [0.25, 0.3) is 0 Å². The Kier molecular flexibility index (Phi) is 8.87. The van der Waals surface area contributed by atoms with Crippen molar-refractivity contribution >= 4 is 11.9 Å². The van der Waals surface area contributed by atoms with Gasteiger partial charge in [0.05, 0.1) is 12.7 Å². The van der Waals surface area contributed by atoms with Gasteiger partial charge in [-0.05, 0) is 6.42 Å². The molecule has 0 fully saturated rings. The molecule has 1 atom stereocenters. The van der Waals surface area contributed by atoms with Crippen molar-refractivity contribution in [2.75, 3.05) is 19.8 Å². The summed E-state index contributed by atoms with van der Waals surface area (Å²) in [4.78, 5) is 23.6. The van der Waals surface area contributed by atoms with E-state index in [1.165, 1.54) is 6.08 Å². The number of nitriles is 1. The highest BCUT2D eigenvalue weighted by atomic mass is 19.3. The second kappa shape index (κ2) is 9.78. The molecular weight excluding hydrogens is 324 g/mol. The molecule has 0 aliphatic carbocycles. The molecule has 0 radical (unpaired) electrons. The lowest BCUT2D eigenvalue weighted by Gasteiger charge is -2.27. The fourth-order valence-corrected chi connectivity index (χ4v) is 1.48. The average molecular weight is 340 g/mol. The quantitative estimate of drug-likeness (QED) is 0.351. The number of carboxylic acids is 1. The zero-order chi connectivity index (χ0) is 18.0.